The second kappa shape index (κ2) is 9.06. The van der Waals surface area contributed by atoms with Gasteiger partial charge in [-0.1, -0.05) is 38.7 Å². The average molecular weight is 493 g/mol. The Bertz CT molecular complexity index is 1500. The summed E-state index contributed by atoms with van der Waals surface area (Å²) in [5, 5.41) is 10.2. The summed E-state index contributed by atoms with van der Waals surface area (Å²) in [4.78, 5) is 22.5. The fourth-order valence-electron chi connectivity index (χ4n) is 5.94. The highest BCUT2D eigenvalue weighted by atomic mass is 16.5. The Morgan fingerprint density at radius 2 is 1.92 bits per heavy atom. The fourth-order valence-corrected chi connectivity index (χ4v) is 5.94. The van der Waals surface area contributed by atoms with Gasteiger partial charge < -0.3 is 14.6 Å². The number of aromatic nitrogens is 1. The fraction of sp³-hybridized carbons (Fsp3) is 0.419. The maximum Gasteiger partial charge on any atom is 0.195 e. The Labute approximate surface area is 218 Å². The van der Waals surface area contributed by atoms with E-state index in [2.05, 4.69) is 59.5 Å². The summed E-state index contributed by atoms with van der Waals surface area (Å²) in [6.07, 6.45) is 1.84. The molecule has 6 heteroatoms. The molecule has 1 aromatic heterocycles. The molecule has 2 fully saturated rings. The van der Waals surface area contributed by atoms with Gasteiger partial charge in [-0.05, 0) is 36.2 Å². The van der Waals surface area contributed by atoms with Gasteiger partial charge in [-0.15, -0.1) is 0 Å². The van der Waals surface area contributed by atoms with E-state index in [-0.39, 0.29) is 5.78 Å². The number of nitrogens with one attached hydrogen (secondary N) is 1. The number of carbonyl (C=O) groups excluding carboxylic acids is 1. The van der Waals surface area contributed by atoms with Crippen LogP contribution in [0.15, 0.2) is 30.3 Å². The van der Waals surface area contributed by atoms with Crippen molar-refractivity contribution in [2.75, 3.05) is 44.3 Å². The van der Waals surface area contributed by atoms with Crippen LogP contribution in [0.5, 0.6) is 0 Å². The second-order valence-corrected chi connectivity index (χ2v) is 10.9. The Hall–Kier alpha value is -3.58. The predicted octanol–water partition coefficient (Wildman–Crippen LogP) is 4.58. The third kappa shape index (κ3) is 3.84. The van der Waals surface area contributed by atoms with Gasteiger partial charge in [-0.3, -0.25) is 9.69 Å². The lowest BCUT2D eigenvalue weighted by molar-refractivity contribution is -0.0660. The van der Waals surface area contributed by atoms with Gasteiger partial charge in [-0.25, -0.2) is 0 Å². The van der Waals surface area contributed by atoms with Crippen molar-refractivity contribution < 1.29 is 9.53 Å². The van der Waals surface area contributed by atoms with Crippen LogP contribution in [0, 0.1) is 23.2 Å². The van der Waals surface area contributed by atoms with Crippen molar-refractivity contribution in [1.29, 1.82) is 5.26 Å². The van der Waals surface area contributed by atoms with Crippen molar-refractivity contribution in [1.82, 2.24) is 9.88 Å². The molecule has 37 heavy (non-hydrogen) atoms. The predicted molar refractivity (Wildman–Crippen MR) is 145 cm³/mol. The van der Waals surface area contributed by atoms with E-state index >= 15 is 0 Å². The molecular weight excluding hydrogens is 460 g/mol. The van der Waals surface area contributed by atoms with Gasteiger partial charge >= 0.3 is 0 Å². The lowest BCUT2D eigenvalue weighted by Crippen LogP contribution is -2.56. The van der Waals surface area contributed by atoms with Crippen molar-refractivity contribution in [3.63, 3.8) is 0 Å². The Morgan fingerprint density at radius 1 is 1.14 bits per heavy atom. The average Bonchev–Trinajstić information content (AvgIpc) is 3.27. The number of ether oxygens (including phenoxy) is 1. The molecule has 1 N–H and O–H groups in total. The lowest BCUT2D eigenvalue weighted by atomic mass is 9.70. The van der Waals surface area contributed by atoms with Gasteiger partial charge in [0, 0.05) is 65.7 Å². The number of carbonyl (C=O) groups is 1. The number of aromatic amines is 1. The van der Waals surface area contributed by atoms with Crippen molar-refractivity contribution in [2.45, 2.75) is 45.1 Å². The van der Waals surface area contributed by atoms with Crippen molar-refractivity contribution in [3.8, 4) is 17.9 Å². The molecule has 2 aromatic carbocycles. The first kappa shape index (κ1) is 23.8. The van der Waals surface area contributed by atoms with Gasteiger partial charge in [0.15, 0.2) is 5.78 Å². The molecule has 0 radical (unpaired) electrons. The molecule has 2 saturated heterocycles. The number of anilines is 1. The topological polar surface area (TPSA) is 72.4 Å². The van der Waals surface area contributed by atoms with Gasteiger partial charge in [0.05, 0.1) is 42.1 Å². The minimum atomic E-state index is -0.403. The first-order valence-electron chi connectivity index (χ1n) is 13.3. The van der Waals surface area contributed by atoms with Crippen LogP contribution in [0.3, 0.4) is 0 Å². The largest absolute Gasteiger partial charge is 0.378 e. The summed E-state index contributed by atoms with van der Waals surface area (Å²) in [6, 6.07) is 12.5. The number of nitrogens with zero attached hydrogens (tertiary/aromatic N) is 3. The van der Waals surface area contributed by atoms with Crippen LogP contribution in [0.4, 0.5) is 5.69 Å². The molecule has 2 aliphatic heterocycles. The molecule has 0 saturated carbocycles. The standard InChI is InChI=1S/C31H32N4O2/c1-4-5-6-7-21-15-24-25(16-27(21)35-12-10-34(11-13-35)22-18-37-19-22)31(2,3)30-28(29(24)36)23-9-8-20(17-32)14-26(23)33-30/h8-9,14-16,22,33H,4-5,10-13,18-19H2,1-3H3. The molecular formula is C31H32N4O2. The summed E-state index contributed by atoms with van der Waals surface area (Å²) in [5.41, 5.74) is 6.47. The van der Waals surface area contributed by atoms with Gasteiger partial charge in [0.25, 0.3) is 0 Å². The highest BCUT2D eigenvalue weighted by Gasteiger charge is 2.41. The molecule has 0 spiro atoms. The van der Waals surface area contributed by atoms with Crippen molar-refractivity contribution in [3.05, 3.63) is 63.8 Å². The van der Waals surface area contributed by atoms with E-state index in [0.717, 1.165) is 91.2 Å². The quantitative estimate of drug-likeness (QED) is 0.542. The number of H-pyrrole nitrogens is 1. The molecule has 0 bridgehead atoms. The van der Waals surface area contributed by atoms with E-state index in [1.165, 1.54) is 0 Å². The van der Waals surface area contributed by atoms with Crippen LogP contribution < -0.4 is 4.90 Å². The summed E-state index contributed by atoms with van der Waals surface area (Å²) in [5.74, 6) is 6.77. The summed E-state index contributed by atoms with van der Waals surface area (Å²) < 4.78 is 5.41. The Balaban J connectivity index is 1.45. The number of benzene rings is 2. The number of fused-ring (bicyclic) bond motifs is 4. The smallest absolute Gasteiger partial charge is 0.195 e. The lowest BCUT2D eigenvalue weighted by Gasteiger charge is -2.43. The van der Waals surface area contributed by atoms with Crippen LogP contribution in [0.25, 0.3) is 10.9 Å². The SMILES string of the molecule is CCCC#Cc1cc2c(cc1N1CCN(C3COC3)CC1)C(C)(C)c1[nH]c3cc(C#N)ccc3c1C2=O. The number of piperazine rings is 1. The zero-order valence-corrected chi connectivity index (χ0v) is 21.8. The van der Waals surface area contributed by atoms with Crippen LogP contribution in [-0.2, 0) is 10.2 Å². The zero-order valence-electron chi connectivity index (χ0n) is 21.8. The molecule has 0 amide bonds. The first-order valence-corrected chi connectivity index (χ1v) is 13.3. The Kier molecular flexibility index (Phi) is 5.83. The molecule has 3 heterocycles. The summed E-state index contributed by atoms with van der Waals surface area (Å²) >= 11 is 0. The zero-order chi connectivity index (χ0) is 25.7. The number of hydrogen-bond acceptors (Lipinski definition) is 5. The van der Waals surface area contributed by atoms with Crippen LogP contribution in [-0.4, -0.2) is 61.1 Å². The number of nitriles is 1. The molecule has 0 atom stereocenters. The highest BCUT2D eigenvalue weighted by Crippen LogP contribution is 2.45. The Morgan fingerprint density at radius 3 is 2.59 bits per heavy atom. The van der Waals surface area contributed by atoms with Gasteiger partial charge in [0.2, 0.25) is 0 Å². The third-order valence-corrected chi connectivity index (χ3v) is 8.22. The molecule has 188 valence electrons. The van der Waals surface area contributed by atoms with Crippen molar-refractivity contribution in [2.24, 2.45) is 0 Å². The van der Waals surface area contributed by atoms with E-state index in [9.17, 15) is 10.1 Å². The number of rotatable bonds is 3. The monoisotopic (exact) mass is 492 g/mol. The summed E-state index contributed by atoms with van der Waals surface area (Å²) in [6.45, 7) is 12.0. The maximum atomic E-state index is 14.0. The van der Waals surface area contributed by atoms with Crippen LogP contribution in [0.1, 0.15) is 71.9 Å². The van der Waals surface area contributed by atoms with Crippen LogP contribution in [0.2, 0.25) is 0 Å². The van der Waals surface area contributed by atoms with E-state index in [1.807, 2.05) is 18.2 Å². The number of hydrogen-bond donors (Lipinski definition) is 1. The normalized spacial score (nSPS) is 19.0. The molecule has 6 nitrogen and oxygen atoms in total. The maximum absolute atomic E-state index is 14.0. The molecule has 6 rings (SSSR count). The molecule has 3 aromatic rings. The molecule has 0 unspecified atom stereocenters. The molecule has 3 aliphatic rings. The molecule has 1 aliphatic carbocycles. The second-order valence-electron chi connectivity index (χ2n) is 10.9. The summed E-state index contributed by atoms with van der Waals surface area (Å²) in [7, 11) is 0. The third-order valence-electron chi connectivity index (χ3n) is 8.22. The van der Waals surface area contributed by atoms with Gasteiger partial charge in [-0.2, -0.15) is 5.26 Å². The van der Waals surface area contributed by atoms with Crippen LogP contribution >= 0.6 is 0 Å². The van der Waals surface area contributed by atoms with E-state index in [4.69, 9.17) is 4.74 Å². The highest BCUT2D eigenvalue weighted by molar-refractivity contribution is 6.20. The minimum absolute atomic E-state index is 0.0279. The van der Waals surface area contributed by atoms with E-state index in [0.29, 0.717) is 17.2 Å². The minimum Gasteiger partial charge on any atom is -0.378 e. The number of ketones is 1. The number of unbranched alkanes of at least 4 members (excludes halogenated alkanes) is 1. The van der Waals surface area contributed by atoms with E-state index in [1.54, 1.807) is 6.07 Å². The first-order chi connectivity index (χ1) is 17.9. The van der Waals surface area contributed by atoms with Crippen molar-refractivity contribution >= 4 is 22.4 Å². The van der Waals surface area contributed by atoms with Gasteiger partial charge in [0.1, 0.15) is 0 Å². The van der Waals surface area contributed by atoms with E-state index < -0.39 is 5.41 Å².